The van der Waals surface area contributed by atoms with Crippen LogP contribution in [0.3, 0.4) is 0 Å². The number of hydrogen-bond acceptors (Lipinski definition) is 6. The second kappa shape index (κ2) is 7.15. The molecule has 7 nitrogen and oxygen atoms in total. The Morgan fingerprint density at radius 1 is 1.22 bits per heavy atom. The monoisotopic (exact) mass is 486 g/mol. The van der Waals surface area contributed by atoms with E-state index in [1.165, 1.54) is 12.1 Å². The minimum Gasteiger partial charge on any atom is -0.480 e. The fourth-order valence-corrected chi connectivity index (χ4v) is 6.91. The van der Waals surface area contributed by atoms with Crippen molar-refractivity contribution in [1.82, 2.24) is 9.88 Å². The van der Waals surface area contributed by atoms with E-state index >= 15 is 0 Å². The van der Waals surface area contributed by atoms with Crippen LogP contribution in [0.25, 0.3) is 10.6 Å². The molecule has 32 heavy (non-hydrogen) atoms. The minimum absolute atomic E-state index is 0.128. The van der Waals surface area contributed by atoms with E-state index in [0.717, 1.165) is 0 Å². The second-order valence-electron chi connectivity index (χ2n) is 7.70. The minimum atomic E-state index is -4.73. The lowest BCUT2D eigenvalue weighted by Crippen LogP contribution is -2.48. The van der Waals surface area contributed by atoms with Gasteiger partial charge in [0.25, 0.3) is 10.0 Å². The van der Waals surface area contributed by atoms with Crippen LogP contribution in [0.2, 0.25) is 0 Å². The summed E-state index contributed by atoms with van der Waals surface area (Å²) < 4.78 is 70.7. The molecule has 1 fully saturated rings. The lowest BCUT2D eigenvalue weighted by Gasteiger charge is -2.20. The maximum Gasteiger partial charge on any atom is 0.452 e. The molecule has 1 aliphatic carbocycles. The van der Waals surface area contributed by atoms with Gasteiger partial charge in [-0.05, 0) is 23.6 Å². The van der Waals surface area contributed by atoms with Crippen molar-refractivity contribution in [3.8, 4) is 10.6 Å². The van der Waals surface area contributed by atoms with Gasteiger partial charge in [-0.15, -0.1) is 11.3 Å². The summed E-state index contributed by atoms with van der Waals surface area (Å²) in [6.07, 6.45) is -4.73. The third-order valence-electron chi connectivity index (χ3n) is 6.15. The molecule has 170 valence electrons. The van der Waals surface area contributed by atoms with E-state index in [1.54, 1.807) is 44.2 Å². The number of rotatable bonds is 6. The van der Waals surface area contributed by atoms with Crippen LogP contribution in [-0.2, 0) is 26.4 Å². The Morgan fingerprint density at radius 3 is 2.44 bits per heavy atom. The van der Waals surface area contributed by atoms with Crippen molar-refractivity contribution in [1.29, 1.82) is 0 Å². The van der Waals surface area contributed by atoms with Crippen molar-refractivity contribution in [3.63, 3.8) is 0 Å². The maximum atomic E-state index is 13.1. The molecule has 2 N–H and O–H groups in total. The van der Waals surface area contributed by atoms with E-state index < -0.39 is 44.8 Å². The van der Waals surface area contributed by atoms with Gasteiger partial charge in [0.15, 0.2) is 0 Å². The fourth-order valence-electron chi connectivity index (χ4n) is 4.14. The van der Waals surface area contributed by atoms with Gasteiger partial charge in [0.1, 0.15) is 15.4 Å². The van der Waals surface area contributed by atoms with Gasteiger partial charge in [-0.25, -0.2) is 8.42 Å². The molecule has 1 aliphatic rings. The number of alkyl halides is 3. The molecule has 0 radical (unpaired) electrons. The molecule has 12 heteroatoms. The Hall–Kier alpha value is -2.70. The summed E-state index contributed by atoms with van der Waals surface area (Å²) in [5, 5.41) is 13.3. The third-order valence-corrected chi connectivity index (χ3v) is 9.21. The second-order valence-corrected chi connectivity index (χ2v) is 10.7. The maximum absolute atomic E-state index is 13.1. The Morgan fingerprint density at radius 2 is 1.88 bits per heavy atom. The molecule has 2 heterocycles. The molecule has 0 unspecified atom stereocenters. The predicted molar refractivity (Wildman–Crippen MR) is 108 cm³/mol. The van der Waals surface area contributed by atoms with E-state index in [1.807, 2.05) is 0 Å². The zero-order valence-corrected chi connectivity index (χ0v) is 18.3. The first-order chi connectivity index (χ1) is 14.8. The summed E-state index contributed by atoms with van der Waals surface area (Å²) in [6, 6.07) is 11.9. The largest absolute Gasteiger partial charge is 0.480 e. The third kappa shape index (κ3) is 3.24. The highest BCUT2D eigenvalue weighted by Crippen LogP contribution is 2.63. The Balaban J connectivity index is 1.66. The van der Waals surface area contributed by atoms with Crippen molar-refractivity contribution in [3.05, 3.63) is 59.9 Å². The molecule has 0 saturated heterocycles. The molecule has 0 amide bonds. The predicted octanol–water partition coefficient (Wildman–Crippen LogP) is 4.13. The number of sulfonamides is 1. The SMILES string of the molecule is C[C@@H]1[C@](C)(c2ccccc2)[C@]1(NS(=O)(=O)c1ccc(-c2cc(C(F)(F)F)on2)s1)C(=O)O. The number of benzene rings is 1. The number of carbonyl (C=O) groups is 1. The van der Waals surface area contributed by atoms with Gasteiger partial charge in [0, 0.05) is 11.5 Å². The summed E-state index contributed by atoms with van der Waals surface area (Å²) in [5.41, 5.74) is -2.28. The molecule has 0 aliphatic heterocycles. The van der Waals surface area contributed by atoms with Crippen LogP contribution in [0.15, 0.2) is 57.3 Å². The van der Waals surface area contributed by atoms with Crippen LogP contribution in [0.4, 0.5) is 13.2 Å². The molecule has 1 saturated carbocycles. The Labute approximate surface area is 184 Å². The number of halogens is 3. The van der Waals surface area contributed by atoms with Crippen molar-refractivity contribution in [2.45, 2.75) is 35.2 Å². The summed E-state index contributed by atoms with van der Waals surface area (Å²) in [6.45, 7) is 3.33. The number of aliphatic carboxylic acids is 1. The van der Waals surface area contributed by atoms with E-state index in [-0.39, 0.29) is 14.8 Å². The topological polar surface area (TPSA) is 110 Å². The molecule has 0 spiro atoms. The summed E-state index contributed by atoms with van der Waals surface area (Å²) >= 11 is 0.661. The van der Waals surface area contributed by atoms with Crippen molar-refractivity contribution >= 4 is 27.3 Å². The number of carboxylic acids is 1. The van der Waals surface area contributed by atoms with Gasteiger partial charge < -0.3 is 9.63 Å². The number of hydrogen-bond donors (Lipinski definition) is 2. The highest BCUT2D eigenvalue weighted by Gasteiger charge is 2.78. The van der Waals surface area contributed by atoms with Crippen LogP contribution in [0, 0.1) is 5.92 Å². The van der Waals surface area contributed by atoms with Crippen LogP contribution in [0.1, 0.15) is 25.2 Å². The number of carboxylic acid groups (broad SMARTS) is 1. The summed E-state index contributed by atoms with van der Waals surface area (Å²) in [7, 11) is -4.31. The van der Waals surface area contributed by atoms with E-state index in [2.05, 4.69) is 14.4 Å². The molecule has 1 aromatic carbocycles. The fraction of sp³-hybridized carbons (Fsp3) is 0.300. The average Bonchev–Trinajstić information content (AvgIpc) is 3.24. The first kappa shape index (κ1) is 22.5. The molecular formula is C20H17F3N2O5S2. The molecular weight excluding hydrogens is 469 g/mol. The van der Waals surface area contributed by atoms with Crippen molar-refractivity contribution in [2.75, 3.05) is 0 Å². The standard InChI is InChI=1S/C20H17F3N2O5S2/c1-11-18(2,12-6-4-3-5-7-12)19(11,17(26)27)25-32(28,29)16-9-8-14(31-16)13-10-15(30-24-13)20(21,22)23/h3-11,25H,1-2H3,(H,26,27)/t11-,18-,19-/m1/s1. The average molecular weight is 486 g/mol. The van der Waals surface area contributed by atoms with Crippen molar-refractivity contribution in [2.24, 2.45) is 5.92 Å². The molecule has 2 aromatic heterocycles. The molecule has 3 atom stereocenters. The number of thiophene rings is 1. The molecule has 0 bridgehead atoms. The van der Waals surface area contributed by atoms with Gasteiger partial charge in [-0.3, -0.25) is 4.79 Å². The highest BCUT2D eigenvalue weighted by atomic mass is 32.2. The summed E-state index contributed by atoms with van der Waals surface area (Å²) in [5.74, 6) is -3.18. The zero-order valence-electron chi connectivity index (χ0n) is 16.7. The van der Waals surface area contributed by atoms with Gasteiger partial charge in [-0.2, -0.15) is 17.9 Å². The molecule has 4 rings (SSSR count). The van der Waals surface area contributed by atoms with E-state index in [0.29, 0.717) is 23.0 Å². The van der Waals surface area contributed by atoms with Crippen LogP contribution in [0.5, 0.6) is 0 Å². The number of aromatic nitrogens is 1. The van der Waals surface area contributed by atoms with Crippen LogP contribution < -0.4 is 4.72 Å². The lowest BCUT2D eigenvalue weighted by molar-refractivity contribution is -0.155. The molecule has 3 aromatic rings. The zero-order chi connectivity index (χ0) is 23.5. The normalized spacial score (nSPS) is 25.6. The van der Waals surface area contributed by atoms with Gasteiger partial charge in [0.05, 0.1) is 4.88 Å². The van der Waals surface area contributed by atoms with Crippen molar-refractivity contribution < 1.29 is 36.0 Å². The Bertz CT molecular complexity index is 1290. The Kier molecular flexibility index (Phi) is 5.03. The van der Waals surface area contributed by atoms with E-state index in [9.17, 15) is 31.5 Å². The van der Waals surface area contributed by atoms with E-state index in [4.69, 9.17) is 0 Å². The van der Waals surface area contributed by atoms with Gasteiger partial charge in [-0.1, -0.05) is 49.3 Å². The van der Waals surface area contributed by atoms with Crippen LogP contribution >= 0.6 is 11.3 Å². The first-order valence-corrected chi connectivity index (χ1v) is 11.6. The number of nitrogens with one attached hydrogen (secondary N) is 1. The van der Waals surface area contributed by atoms with Gasteiger partial charge in [0.2, 0.25) is 5.76 Å². The smallest absolute Gasteiger partial charge is 0.452 e. The van der Waals surface area contributed by atoms with Gasteiger partial charge >= 0.3 is 12.1 Å². The first-order valence-electron chi connectivity index (χ1n) is 9.31. The van der Waals surface area contributed by atoms with Crippen LogP contribution in [-0.4, -0.2) is 30.2 Å². The highest BCUT2D eigenvalue weighted by molar-refractivity contribution is 7.91. The summed E-state index contributed by atoms with van der Waals surface area (Å²) in [4.78, 5) is 12.4. The number of nitrogens with zero attached hydrogens (tertiary/aromatic N) is 1. The quantitative estimate of drug-likeness (QED) is 0.542. The lowest BCUT2D eigenvalue weighted by atomic mass is 9.92.